The van der Waals surface area contributed by atoms with Crippen LogP contribution in [0.5, 0.6) is 0 Å². The van der Waals surface area contributed by atoms with Crippen molar-refractivity contribution in [3.05, 3.63) is 51.3 Å². The summed E-state index contributed by atoms with van der Waals surface area (Å²) in [5, 5.41) is 17.6. The Kier molecular flexibility index (Phi) is 3.48. The van der Waals surface area contributed by atoms with E-state index in [1.165, 1.54) is 17.9 Å². The lowest BCUT2D eigenvalue weighted by molar-refractivity contribution is -0.385. The molecule has 1 aromatic carbocycles. The molecule has 1 amide bonds. The first-order valence-corrected chi connectivity index (χ1v) is 5.60. The zero-order chi connectivity index (χ0) is 14.0. The van der Waals surface area contributed by atoms with Crippen molar-refractivity contribution in [3.8, 4) is 0 Å². The van der Waals surface area contributed by atoms with E-state index in [2.05, 4.69) is 10.4 Å². The van der Waals surface area contributed by atoms with E-state index in [1.54, 1.807) is 24.3 Å². The van der Waals surface area contributed by atoms with Crippen LogP contribution in [0.3, 0.4) is 0 Å². The Labute approximate surface area is 112 Å². The Morgan fingerprint density at radius 1 is 1.42 bits per heavy atom. The van der Waals surface area contributed by atoms with Crippen LogP contribution in [0.25, 0.3) is 0 Å². The number of benzene rings is 1. The predicted octanol–water partition coefficient (Wildman–Crippen LogP) is 2.23. The van der Waals surface area contributed by atoms with Gasteiger partial charge in [-0.05, 0) is 24.3 Å². The van der Waals surface area contributed by atoms with E-state index >= 15 is 0 Å². The number of aryl methyl sites for hydroxylation is 1. The van der Waals surface area contributed by atoms with Crippen molar-refractivity contribution in [3.63, 3.8) is 0 Å². The number of carbonyl (C=O) groups excluding carboxylic acids is 1. The first kappa shape index (κ1) is 13.0. The molecule has 0 aliphatic heterocycles. The number of nitrogens with zero attached hydrogens (tertiary/aromatic N) is 3. The molecule has 98 valence electrons. The van der Waals surface area contributed by atoms with Crippen LogP contribution in [0.1, 0.15) is 10.5 Å². The maximum atomic E-state index is 11.9. The topological polar surface area (TPSA) is 90.1 Å². The second-order valence-electron chi connectivity index (χ2n) is 3.75. The Bertz CT molecular complexity index is 636. The van der Waals surface area contributed by atoms with Gasteiger partial charge in [0.25, 0.3) is 5.91 Å². The highest BCUT2D eigenvalue weighted by Gasteiger charge is 2.24. The van der Waals surface area contributed by atoms with E-state index in [-0.39, 0.29) is 11.4 Å². The van der Waals surface area contributed by atoms with Gasteiger partial charge in [0.2, 0.25) is 5.69 Å². The molecule has 0 aliphatic carbocycles. The monoisotopic (exact) mass is 280 g/mol. The molecule has 0 saturated heterocycles. The van der Waals surface area contributed by atoms with Crippen LogP contribution < -0.4 is 5.32 Å². The lowest BCUT2D eigenvalue weighted by Gasteiger charge is -2.02. The second-order valence-corrected chi connectivity index (χ2v) is 4.19. The van der Waals surface area contributed by atoms with Gasteiger partial charge in [0.1, 0.15) is 6.20 Å². The minimum absolute atomic E-state index is 0.234. The lowest BCUT2D eigenvalue weighted by atomic mass is 10.3. The number of hydrogen-bond acceptors (Lipinski definition) is 4. The summed E-state index contributed by atoms with van der Waals surface area (Å²) < 4.78 is 1.22. The molecule has 0 aliphatic rings. The van der Waals surface area contributed by atoms with E-state index < -0.39 is 10.8 Å². The number of anilines is 1. The van der Waals surface area contributed by atoms with Crippen molar-refractivity contribution in [2.75, 3.05) is 5.32 Å². The number of carbonyl (C=O) groups is 1. The Hall–Kier alpha value is -2.41. The fourth-order valence-electron chi connectivity index (χ4n) is 1.49. The average molecular weight is 281 g/mol. The average Bonchev–Trinajstić information content (AvgIpc) is 2.74. The molecule has 19 heavy (non-hydrogen) atoms. The third-order valence-corrected chi connectivity index (χ3v) is 2.58. The summed E-state index contributed by atoms with van der Waals surface area (Å²) in [4.78, 5) is 22.1. The van der Waals surface area contributed by atoms with Gasteiger partial charge < -0.3 is 5.32 Å². The fraction of sp³-hybridized carbons (Fsp3) is 0.0909. The number of aromatic nitrogens is 2. The van der Waals surface area contributed by atoms with E-state index in [0.717, 1.165) is 0 Å². The molecule has 1 heterocycles. The standard InChI is InChI=1S/C11H9ClN4O3/c1-15-6-9(16(18)19)10(14-15)11(17)13-8-4-2-7(12)3-5-8/h2-6H,1H3,(H,13,17). The molecule has 8 heteroatoms. The molecule has 0 unspecified atom stereocenters. The minimum atomic E-state index is -0.649. The largest absolute Gasteiger partial charge is 0.320 e. The van der Waals surface area contributed by atoms with E-state index in [4.69, 9.17) is 11.6 Å². The summed E-state index contributed by atoms with van der Waals surface area (Å²) in [6, 6.07) is 6.39. The molecule has 1 aromatic heterocycles. The zero-order valence-electron chi connectivity index (χ0n) is 9.83. The van der Waals surface area contributed by atoms with E-state index in [9.17, 15) is 14.9 Å². The highest BCUT2D eigenvalue weighted by Crippen LogP contribution is 2.19. The minimum Gasteiger partial charge on any atom is -0.320 e. The summed E-state index contributed by atoms with van der Waals surface area (Å²) in [5.74, 6) is -0.644. The maximum Gasteiger partial charge on any atom is 0.320 e. The van der Waals surface area contributed by atoms with Crippen molar-refractivity contribution >= 4 is 28.9 Å². The van der Waals surface area contributed by atoms with Gasteiger partial charge in [-0.1, -0.05) is 11.6 Å². The molecule has 0 radical (unpaired) electrons. The smallest absolute Gasteiger partial charge is 0.320 e. The molecule has 2 rings (SSSR count). The molecule has 0 spiro atoms. The Balaban J connectivity index is 2.25. The zero-order valence-corrected chi connectivity index (χ0v) is 10.6. The number of halogens is 1. The molecule has 0 bridgehead atoms. The van der Waals surface area contributed by atoms with Crippen LogP contribution in [0.2, 0.25) is 5.02 Å². The van der Waals surface area contributed by atoms with E-state index in [0.29, 0.717) is 10.7 Å². The Morgan fingerprint density at radius 3 is 2.63 bits per heavy atom. The third-order valence-electron chi connectivity index (χ3n) is 2.32. The summed E-state index contributed by atoms with van der Waals surface area (Å²) in [5.41, 5.74) is -0.0919. The van der Waals surface area contributed by atoms with Crippen molar-refractivity contribution in [2.24, 2.45) is 7.05 Å². The summed E-state index contributed by atoms with van der Waals surface area (Å²) in [6.45, 7) is 0. The lowest BCUT2D eigenvalue weighted by Crippen LogP contribution is -2.14. The number of hydrogen-bond donors (Lipinski definition) is 1. The van der Waals surface area contributed by atoms with Crippen molar-refractivity contribution in [1.82, 2.24) is 9.78 Å². The van der Waals surface area contributed by atoms with Crippen LogP contribution >= 0.6 is 11.6 Å². The molecule has 0 atom stereocenters. The summed E-state index contributed by atoms with van der Waals surface area (Å²) in [6.07, 6.45) is 1.18. The Morgan fingerprint density at radius 2 is 2.05 bits per heavy atom. The van der Waals surface area contributed by atoms with Gasteiger partial charge in [-0.15, -0.1) is 0 Å². The summed E-state index contributed by atoms with van der Waals surface area (Å²) >= 11 is 5.72. The van der Waals surface area contributed by atoms with Gasteiger partial charge in [-0.25, -0.2) is 0 Å². The highest BCUT2D eigenvalue weighted by molar-refractivity contribution is 6.30. The number of amides is 1. The predicted molar refractivity (Wildman–Crippen MR) is 69.3 cm³/mol. The van der Waals surface area contributed by atoms with Crippen LogP contribution in [0.15, 0.2) is 30.5 Å². The molecular formula is C11H9ClN4O3. The second kappa shape index (κ2) is 5.07. The van der Waals surface area contributed by atoms with Crippen molar-refractivity contribution in [1.29, 1.82) is 0 Å². The highest BCUT2D eigenvalue weighted by atomic mass is 35.5. The van der Waals surface area contributed by atoms with Crippen molar-refractivity contribution < 1.29 is 9.72 Å². The number of nitrogens with one attached hydrogen (secondary N) is 1. The van der Waals surface area contributed by atoms with Gasteiger partial charge in [0.05, 0.1) is 4.92 Å². The quantitative estimate of drug-likeness (QED) is 0.689. The van der Waals surface area contributed by atoms with E-state index in [1.807, 2.05) is 0 Å². The van der Waals surface area contributed by atoms with Crippen LogP contribution in [0.4, 0.5) is 11.4 Å². The fourth-order valence-corrected chi connectivity index (χ4v) is 1.62. The SMILES string of the molecule is Cn1cc([N+](=O)[O-])c(C(=O)Nc2ccc(Cl)cc2)n1. The third kappa shape index (κ3) is 2.89. The molecule has 7 nitrogen and oxygen atoms in total. The molecule has 0 fully saturated rings. The molecule has 0 saturated carbocycles. The van der Waals surface area contributed by atoms with Gasteiger partial charge in [-0.2, -0.15) is 5.10 Å². The molecule has 2 aromatic rings. The van der Waals surface area contributed by atoms with Crippen molar-refractivity contribution in [2.45, 2.75) is 0 Å². The van der Waals surface area contributed by atoms with Gasteiger partial charge in [-0.3, -0.25) is 19.6 Å². The maximum absolute atomic E-state index is 11.9. The molecule has 1 N–H and O–H groups in total. The first-order chi connectivity index (χ1) is 8.97. The summed E-state index contributed by atoms with van der Waals surface area (Å²) in [7, 11) is 1.51. The number of nitro groups is 1. The van der Waals surface area contributed by atoms with Crippen LogP contribution in [-0.4, -0.2) is 20.6 Å². The van der Waals surface area contributed by atoms with Gasteiger partial charge >= 0.3 is 5.69 Å². The van der Waals surface area contributed by atoms with Crippen LogP contribution in [-0.2, 0) is 7.05 Å². The van der Waals surface area contributed by atoms with Gasteiger partial charge in [0, 0.05) is 17.8 Å². The number of rotatable bonds is 3. The normalized spacial score (nSPS) is 10.2. The first-order valence-electron chi connectivity index (χ1n) is 5.22. The van der Waals surface area contributed by atoms with Gasteiger partial charge in [0.15, 0.2) is 0 Å². The van der Waals surface area contributed by atoms with Crippen LogP contribution in [0, 0.1) is 10.1 Å². The molecular weight excluding hydrogens is 272 g/mol.